The van der Waals surface area contributed by atoms with Crippen LogP contribution in [0.25, 0.3) is 0 Å². The Kier molecular flexibility index (Phi) is 8.42. The second-order valence-electron chi connectivity index (χ2n) is 4.67. The van der Waals surface area contributed by atoms with E-state index in [-0.39, 0.29) is 0 Å². The monoisotopic (exact) mass is 321 g/mol. The molecule has 0 fully saturated rings. The maximum Gasteiger partial charge on any atom is 0.203 e. The second kappa shape index (κ2) is 10.4. The van der Waals surface area contributed by atoms with E-state index in [2.05, 4.69) is 22.2 Å². The summed E-state index contributed by atoms with van der Waals surface area (Å²) in [4.78, 5) is 4.54. The average molecular weight is 321 g/mol. The van der Waals surface area contributed by atoms with Gasteiger partial charge in [-0.25, -0.2) is 0 Å². The van der Waals surface area contributed by atoms with Crippen molar-refractivity contribution in [2.45, 2.75) is 13.3 Å². The Bertz CT molecular complexity index is 530. The molecule has 0 atom stereocenters. The van der Waals surface area contributed by atoms with Crippen molar-refractivity contribution in [1.82, 2.24) is 10.6 Å². The number of rotatable bonds is 9. The lowest BCUT2D eigenvalue weighted by Crippen LogP contribution is -2.37. The zero-order chi connectivity index (χ0) is 17.1. The first-order chi connectivity index (χ1) is 11.2. The molecule has 0 spiro atoms. The molecule has 2 N–H and O–H groups in total. The van der Waals surface area contributed by atoms with E-state index in [4.69, 9.17) is 14.2 Å². The summed E-state index contributed by atoms with van der Waals surface area (Å²) >= 11 is 0. The van der Waals surface area contributed by atoms with Crippen molar-refractivity contribution in [3.05, 3.63) is 30.4 Å². The molecular weight excluding hydrogens is 294 g/mol. The fourth-order valence-corrected chi connectivity index (χ4v) is 2.16. The highest BCUT2D eigenvalue weighted by Gasteiger charge is 2.15. The normalized spacial score (nSPS) is 10.9. The molecule has 6 nitrogen and oxygen atoms in total. The van der Waals surface area contributed by atoms with Gasteiger partial charge in [-0.05, 0) is 19.4 Å². The summed E-state index contributed by atoms with van der Waals surface area (Å²) < 4.78 is 16.2. The lowest BCUT2D eigenvalue weighted by atomic mass is 10.1. The van der Waals surface area contributed by atoms with Crippen LogP contribution in [-0.2, 0) is 6.42 Å². The Labute approximate surface area is 138 Å². The third-order valence-corrected chi connectivity index (χ3v) is 3.19. The Morgan fingerprint density at radius 3 is 2.43 bits per heavy atom. The number of guanidine groups is 1. The molecule has 0 aromatic heterocycles. The van der Waals surface area contributed by atoms with Gasteiger partial charge in [-0.2, -0.15) is 0 Å². The fourth-order valence-electron chi connectivity index (χ4n) is 2.16. The van der Waals surface area contributed by atoms with Crippen LogP contribution in [0.5, 0.6) is 17.2 Å². The molecule has 0 saturated carbocycles. The smallest absolute Gasteiger partial charge is 0.203 e. The number of ether oxygens (including phenoxy) is 3. The molecule has 0 radical (unpaired) electrons. The molecule has 23 heavy (non-hydrogen) atoms. The predicted octanol–water partition coefficient (Wildman–Crippen LogP) is 2.00. The van der Waals surface area contributed by atoms with E-state index in [1.165, 1.54) is 0 Å². The first-order valence-electron chi connectivity index (χ1n) is 7.62. The van der Waals surface area contributed by atoms with Gasteiger partial charge in [0.2, 0.25) is 5.75 Å². The standard InChI is InChI=1S/C17H27N3O3/c1-6-11-19-17(18-7-2)20-12-10-13-8-9-14(21-3)16(23-5)15(13)22-4/h6,8-9H,1,7,10-12H2,2-5H3,(H2,18,19,20). The van der Waals surface area contributed by atoms with Gasteiger partial charge in [0.05, 0.1) is 21.3 Å². The molecular formula is C17H27N3O3. The largest absolute Gasteiger partial charge is 0.493 e. The molecule has 6 heteroatoms. The van der Waals surface area contributed by atoms with E-state index in [0.717, 1.165) is 24.5 Å². The van der Waals surface area contributed by atoms with Crippen LogP contribution in [0, 0.1) is 0 Å². The van der Waals surface area contributed by atoms with Crippen LogP contribution < -0.4 is 24.8 Å². The molecule has 0 unspecified atom stereocenters. The van der Waals surface area contributed by atoms with Crippen molar-refractivity contribution in [3.63, 3.8) is 0 Å². The summed E-state index contributed by atoms with van der Waals surface area (Å²) in [6.07, 6.45) is 2.53. The summed E-state index contributed by atoms with van der Waals surface area (Å²) in [7, 11) is 4.83. The summed E-state index contributed by atoms with van der Waals surface area (Å²) in [5, 5.41) is 6.36. The minimum absolute atomic E-state index is 0.605. The van der Waals surface area contributed by atoms with E-state index in [9.17, 15) is 0 Å². The van der Waals surface area contributed by atoms with Crippen molar-refractivity contribution < 1.29 is 14.2 Å². The number of nitrogens with one attached hydrogen (secondary N) is 2. The third-order valence-electron chi connectivity index (χ3n) is 3.19. The van der Waals surface area contributed by atoms with Gasteiger partial charge in [0.1, 0.15) is 0 Å². The van der Waals surface area contributed by atoms with Crippen molar-refractivity contribution in [3.8, 4) is 17.2 Å². The van der Waals surface area contributed by atoms with E-state index in [1.54, 1.807) is 27.4 Å². The second-order valence-corrected chi connectivity index (χ2v) is 4.67. The SMILES string of the molecule is C=CCNC(=NCCc1ccc(OC)c(OC)c1OC)NCC. The minimum atomic E-state index is 0.605. The fraction of sp³-hybridized carbons (Fsp3) is 0.471. The Morgan fingerprint density at radius 1 is 1.13 bits per heavy atom. The first-order valence-corrected chi connectivity index (χ1v) is 7.62. The van der Waals surface area contributed by atoms with E-state index in [0.29, 0.717) is 30.3 Å². The molecule has 0 aliphatic heterocycles. The number of methoxy groups -OCH3 is 3. The number of aliphatic imine (C=N–C) groups is 1. The highest BCUT2D eigenvalue weighted by Crippen LogP contribution is 2.39. The molecule has 1 aromatic rings. The van der Waals surface area contributed by atoms with Gasteiger partial charge < -0.3 is 24.8 Å². The first kappa shape index (κ1) is 18.7. The topological polar surface area (TPSA) is 64.1 Å². The van der Waals surface area contributed by atoms with E-state index in [1.807, 2.05) is 19.1 Å². The van der Waals surface area contributed by atoms with Gasteiger partial charge in [-0.3, -0.25) is 4.99 Å². The molecule has 1 rings (SSSR count). The maximum atomic E-state index is 5.48. The summed E-state index contributed by atoms with van der Waals surface area (Å²) in [6, 6.07) is 3.85. The van der Waals surface area contributed by atoms with Gasteiger partial charge in [-0.15, -0.1) is 6.58 Å². The summed E-state index contributed by atoms with van der Waals surface area (Å²) in [6.45, 7) is 7.83. The maximum absolute atomic E-state index is 5.48. The quantitative estimate of drug-likeness (QED) is 0.414. The number of hydrogen-bond donors (Lipinski definition) is 2. The van der Waals surface area contributed by atoms with Gasteiger partial charge in [0.25, 0.3) is 0 Å². The number of nitrogens with zero attached hydrogens (tertiary/aromatic N) is 1. The molecule has 0 amide bonds. The van der Waals surface area contributed by atoms with Crippen LogP contribution in [0.15, 0.2) is 29.8 Å². The van der Waals surface area contributed by atoms with Crippen LogP contribution >= 0.6 is 0 Å². The van der Waals surface area contributed by atoms with Crippen LogP contribution in [0.3, 0.4) is 0 Å². The molecule has 0 aliphatic rings. The molecule has 128 valence electrons. The highest BCUT2D eigenvalue weighted by molar-refractivity contribution is 5.79. The van der Waals surface area contributed by atoms with Crippen molar-refractivity contribution in [2.75, 3.05) is 41.0 Å². The molecule has 0 aliphatic carbocycles. The Balaban J connectivity index is 2.85. The van der Waals surface area contributed by atoms with Crippen LogP contribution in [-0.4, -0.2) is 46.9 Å². The molecule has 0 bridgehead atoms. The third kappa shape index (κ3) is 5.39. The number of benzene rings is 1. The van der Waals surface area contributed by atoms with Crippen LogP contribution in [0.2, 0.25) is 0 Å². The lowest BCUT2D eigenvalue weighted by molar-refractivity contribution is 0.322. The summed E-state index contributed by atoms with van der Waals surface area (Å²) in [5.41, 5.74) is 1.02. The molecule has 0 heterocycles. The number of hydrogen-bond acceptors (Lipinski definition) is 4. The molecule has 1 aromatic carbocycles. The lowest BCUT2D eigenvalue weighted by Gasteiger charge is -2.15. The van der Waals surface area contributed by atoms with Gasteiger partial charge in [0.15, 0.2) is 17.5 Å². The zero-order valence-electron chi connectivity index (χ0n) is 14.4. The highest BCUT2D eigenvalue weighted by atomic mass is 16.5. The van der Waals surface area contributed by atoms with Crippen molar-refractivity contribution >= 4 is 5.96 Å². The Hall–Kier alpha value is -2.37. The van der Waals surface area contributed by atoms with Crippen LogP contribution in [0.1, 0.15) is 12.5 Å². The van der Waals surface area contributed by atoms with Gasteiger partial charge >= 0.3 is 0 Å². The van der Waals surface area contributed by atoms with Gasteiger partial charge in [-0.1, -0.05) is 12.1 Å². The Morgan fingerprint density at radius 2 is 1.87 bits per heavy atom. The minimum Gasteiger partial charge on any atom is -0.493 e. The van der Waals surface area contributed by atoms with Crippen molar-refractivity contribution in [1.29, 1.82) is 0 Å². The molecule has 0 saturated heterocycles. The van der Waals surface area contributed by atoms with Crippen LogP contribution in [0.4, 0.5) is 0 Å². The van der Waals surface area contributed by atoms with Gasteiger partial charge in [0, 0.05) is 25.2 Å². The summed E-state index contributed by atoms with van der Waals surface area (Å²) in [5.74, 6) is 2.71. The van der Waals surface area contributed by atoms with E-state index >= 15 is 0 Å². The average Bonchev–Trinajstić information content (AvgIpc) is 2.58. The zero-order valence-corrected chi connectivity index (χ0v) is 14.4. The predicted molar refractivity (Wildman–Crippen MR) is 94.0 cm³/mol. The van der Waals surface area contributed by atoms with Crippen molar-refractivity contribution in [2.24, 2.45) is 4.99 Å². The van der Waals surface area contributed by atoms with E-state index < -0.39 is 0 Å².